The predicted octanol–water partition coefficient (Wildman–Crippen LogP) is 11.2. The Kier molecular flexibility index (Phi) is 6.21. The number of hydrogen-bond acceptors (Lipinski definition) is 4. The van der Waals surface area contributed by atoms with Gasteiger partial charge in [0.1, 0.15) is 23.2 Å². The molecule has 49 heavy (non-hydrogen) atoms. The molecule has 1 atom stereocenters. The molecule has 0 saturated carbocycles. The first-order valence-corrected chi connectivity index (χ1v) is 16.6. The van der Waals surface area contributed by atoms with E-state index in [0.29, 0.717) is 5.84 Å². The third kappa shape index (κ3) is 4.45. The van der Waals surface area contributed by atoms with Crippen LogP contribution in [-0.2, 0) is 0 Å². The fraction of sp³-hybridized carbons (Fsp3) is 0.0222. The summed E-state index contributed by atoms with van der Waals surface area (Å²) in [4.78, 5) is 10.4. The van der Waals surface area contributed by atoms with Crippen LogP contribution in [0.4, 0.5) is 0 Å². The minimum atomic E-state index is -0.322. The van der Waals surface area contributed by atoms with Crippen LogP contribution in [0.1, 0.15) is 22.9 Å². The van der Waals surface area contributed by atoms with Crippen LogP contribution in [-0.4, -0.2) is 11.7 Å². The third-order valence-electron chi connectivity index (χ3n) is 9.73. The number of para-hydroxylation sites is 1. The molecule has 230 valence electrons. The lowest BCUT2D eigenvalue weighted by atomic mass is 9.89. The zero-order valence-corrected chi connectivity index (χ0v) is 26.5. The highest BCUT2D eigenvalue weighted by atomic mass is 16.3. The highest BCUT2D eigenvalue weighted by molar-refractivity contribution is 6.27. The van der Waals surface area contributed by atoms with Gasteiger partial charge in [-0.25, -0.2) is 9.98 Å². The monoisotopic (exact) mass is 627 g/mol. The zero-order valence-electron chi connectivity index (χ0n) is 26.5. The molecule has 1 aliphatic heterocycles. The molecule has 0 aliphatic carbocycles. The van der Waals surface area contributed by atoms with Crippen LogP contribution in [0.25, 0.3) is 65.4 Å². The van der Waals surface area contributed by atoms with E-state index in [9.17, 15) is 0 Å². The number of nitrogens with zero attached hydrogens (tertiary/aromatic N) is 2. The van der Waals surface area contributed by atoms with Gasteiger partial charge in [0.25, 0.3) is 0 Å². The first-order chi connectivity index (χ1) is 24.3. The lowest BCUT2D eigenvalue weighted by Crippen LogP contribution is -2.34. The number of furan rings is 1. The number of hydrogen-bond donors (Lipinski definition) is 1. The quantitative estimate of drug-likeness (QED) is 0.197. The molecule has 10 rings (SSSR count). The van der Waals surface area contributed by atoms with Crippen LogP contribution in [0.2, 0.25) is 0 Å². The highest BCUT2D eigenvalue weighted by Crippen LogP contribution is 2.41. The van der Waals surface area contributed by atoms with Crippen LogP contribution in [0.3, 0.4) is 0 Å². The number of benzene rings is 8. The summed E-state index contributed by atoms with van der Waals surface area (Å²) in [5.41, 5.74) is 6.89. The van der Waals surface area contributed by atoms with E-state index in [4.69, 9.17) is 14.4 Å². The van der Waals surface area contributed by atoms with Crippen molar-refractivity contribution >= 4 is 65.9 Å². The van der Waals surface area contributed by atoms with E-state index in [1.807, 2.05) is 36.4 Å². The Labute approximate surface area is 282 Å². The van der Waals surface area contributed by atoms with Gasteiger partial charge in [-0.1, -0.05) is 140 Å². The molecule has 4 heteroatoms. The molecular weight excluding hydrogens is 599 g/mol. The second-order valence-corrected chi connectivity index (χ2v) is 12.5. The first kappa shape index (κ1) is 27.6. The summed E-state index contributed by atoms with van der Waals surface area (Å²) in [6.07, 6.45) is -0.322. The normalized spacial score (nSPS) is 14.7. The van der Waals surface area contributed by atoms with Gasteiger partial charge in [-0.15, -0.1) is 0 Å². The van der Waals surface area contributed by atoms with Gasteiger partial charge in [0.2, 0.25) is 0 Å². The SMILES string of the molecule is c1ccc(C2=NC(c3ccccc3)NC(c3c(-c4ccc5c6ccccc6c6ccccc6c5c4)ccc4oc5ccccc5c34)=N2)cc1. The van der Waals surface area contributed by atoms with E-state index in [1.54, 1.807) is 0 Å². The van der Waals surface area contributed by atoms with Crippen molar-refractivity contribution in [1.82, 2.24) is 5.32 Å². The summed E-state index contributed by atoms with van der Waals surface area (Å²) < 4.78 is 6.46. The van der Waals surface area contributed by atoms with Crippen molar-refractivity contribution in [2.45, 2.75) is 6.17 Å². The van der Waals surface area contributed by atoms with E-state index in [-0.39, 0.29) is 6.17 Å². The summed E-state index contributed by atoms with van der Waals surface area (Å²) in [5, 5.41) is 13.3. The topological polar surface area (TPSA) is 49.9 Å². The average molecular weight is 628 g/mol. The van der Waals surface area contributed by atoms with Gasteiger partial charge in [-0.2, -0.15) is 0 Å². The minimum absolute atomic E-state index is 0.322. The molecule has 8 aromatic carbocycles. The van der Waals surface area contributed by atoms with Crippen LogP contribution >= 0.6 is 0 Å². The number of rotatable bonds is 4. The van der Waals surface area contributed by atoms with Gasteiger partial charge < -0.3 is 9.73 Å². The molecule has 0 amide bonds. The Balaban J connectivity index is 1.27. The lowest BCUT2D eigenvalue weighted by Gasteiger charge is -2.25. The fourth-order valence-corrected chi connectivity index (χ4v) is 7.48. The molecule has 0 bridgehead atoms. The Bertz CT molecular complexity index is 2760. The van der Waals surface area contributed by atoms with Crippen LogP contribution in [0.15, 0.2) is 178 Å². The number of fused-ring (bicyclic) bond motifs is 9. The van der Waals surface area contributed by atoms with Crippen molar-refractivity contribution in [2.75, 3.05) is 0 Å². The molecule has 0 saturated heterocycles. The van der Waals surface area contributed by atoms with E-state index < -0.39 is 0 Å². The molecule has 4 nitrogen and oxygen atoms in total. The van der Waals surface area contributed by atoms with Crippen LogP contribution in [0, 0.1) is 0 Å². The maximum absolute atomic E-state index is 6.46. The van der Waals surface area contributed by atoms with Crippen LogP contribution in [0.5, 0.6) is 0 Å². The molecular formula is C45H29N3O. The Morgan fingerprint density at radius 3 is 1.78 bits per heavy atom. The van der Waals surface area contributed by atoms with Crippen LogP contribution < -0.4 is 5.32 Å². The second kappa shape index (κ2) is 11.0. The Hall–Kier alpha value is -6.52. The molecule has 1 aliphatic rings. The molecule has 2 heterocycles. The maximum atomic E-state index is 6.46. The minimum Gasteiger partial charge on any atom is -0.456 e. The summed E-state index contributed by atoms with van der Waals surface area (Å²) >= 11 is 0. The summed E-state index contributed by atoms with van der Waals surface area (Å²) in [6, 6.07) is 57.4. The number of nitrogens with one attached hydrogen (secondary N) is 1. The largest absolute Gasteiger partial charge is 0.456 e. The van der Waals surface area contributed by atoms with Crippen molar-refractivity contribution < 1.29 is 4.42 Å². The van der Waals surface area contributed by atoms with Gasteiger partial charge in [0, 0.05) is 21.9 Å². The molecule has 1 N–H and O–H groups in total. The van der Waals surface area contributed by atoms with Gasteiger partial charge in [0.05, 0.1) is 0 Å². The van der Waals surface area contributed by atoms with Crippen molar-refractivity contribution in [3.05, 3.63) is 180 Å². The van der Waals surface area contributed by atoms with Crippen molar-refractivity contribution in [1.29, 1.82) is 0 Å². The maximum Gasteiger partial charge on any atom is 0.159 e. The van der Waals surface area contributed by atoms with Crippen molar-refractivity contribution in [3.63, 3.8) is 0 Å². The van der Waals surface area contributed by atoms with Gasteiger partial charge >= 0.3 is 0 Å². The predicted molar refractivity (Wildman–Crippen MR) is 204 cm³/mol. The average Bonchev–Trinajstić information content (AvgIpc) is 3.57. The Morgan fingerprint density at radius 2 is 1.06 bits per heavy atom. The van der Waals surface area contributed by atoms with Crippen molar-refractivity contribution in [3.8, 4) is 11.1 Å². The van der Waals surface area contributed by atoms with Gasteiger partial charge in [0.15, 0.2) is 5.84 Å². The molecule has 0 radical (unpaired) electrons. The first-order valence-electron chi connectivity index (χ1n) is 16.6. The Morgan fingerprint density at radius 1 is 0.469 bits per heavy atom. The van der Waals surface area contributed by atoms with E-state index in [0.717, 1.165) is 55.6 Å². The second-order valence-electron chi connectivity index (χ2n) is 12.5. The molecule has 0 spiro atoms. The summed E-state index contributed by atoms with van der Waals surface area (Å²) in [6.45, 7) is 0. The lowest BCUT2D eigenvalue weighted by molar-refractivity contribution is 0.668. The third-order valence-corrected chi connectivity index (χ3v) is 9.73. The van der Waals surface area contributed by atoms with Gasteiger partial charge in [-0.05, 0) is 73.3 Å². The standard InChI is InChI=1S/C45H29N3O/c1-3-13-28(14-4-1)43-46-44(29-15-5-2-6-16-29)48-45(47-43)42-31(25-26-40-41(42)37-21-11-12-22-39(37)49-40)30-23-24-36-34-19-8-7-17-32(34)33-18-9-10-20-35(33)38(36)27-30/h1-27,43H,(H,46,47,48). The number of amidine groups is 2. The molecule has 1 aromatic heterocycles. The summed E-state index contributed by atoms with van der Waals surface area (Å²) in [7, 11) is 0. The van der Waals surface area contributed by atoms with Gasteiger partial charge in [-0.3, -0.25) is 0 Å². The number of aliphatic imine (C=N–C) groups is 2. The molecule has 9 aromatic rings. The molecule has 1 unspecified atom stereocenters. The summed E-state index contributed by atoms with van der Waals surface area (Å²) in [5.74, 6) is 1.45. The van der Waals surface area contributed by atoms with E-state index in [2.05, 4.69) is 133 Å². The highest BCUT2D eigenvalue weighted by Gasteiger charge is 2.26. The smallest absolute Gasteiger partial charge is 0.159 e. The van der Waals surface area contributed by atoms with E-state index in [1.165, 1.54) is 32.3 Å². The fourth-order valence-electron chi connectivity index (χ4n) is 7.48. The zero-order chi connectivity index (χ0) is 32.3. The molecule has 0 fully saturated rings. The van der Waals surface area contributed by atoms with E-state index >= 15 is 0 Å². The van der Waals surface area contributed by atoms with Crippen molar-refractivity contribution in [2.24, 2.45) is 9.98 Å².